The first-order valence-electron chi connectivity index (χ1n) is 5.81. The number of methoxy groups -OCH3 is 1. The molecule has 1 amide bonds. The average molecular weight is 244 g/mol. The number of rotatable bonds is 5. The van der Waals surface area contributed by atoms with Gasteiger partial charge in [0.25, 0.3) is 5.91 Å². The summed E-state index contributed by atoms with van der Waals surface area (Å²) >= 11 is 0. The van der Waals surface area contributed by atoms with Crippen LogP contribution in [0.15, 0.2) is 0 Å². The molecule has 0 aromatic carbocycles. The number of carbonyl (C=O) groups excluding carboxylic acids is 1. The van der Waals surface area contributed by atoms with Crippen LogP contribution in [-0.4, -0.2) is 53.7 Å². The Morgan fingerprint density at radius 2 is 2.24 bits per heavy atom. The number of carboxylic acid groups (broad SMARTS) is 1. The van der Waals surface area contributed by atoms with Gasteiger partial charge in [-0.05, 0) is 19.3 Å². The molecule has 17 heavy (non-hydrogen) atoms. The number of aliphatic carboxylic acids is 1. The highest BCUT2D eigenvalue weighted by atomic mass is 16.5. The third-order valence-corrected chi connectivity index (χ3v) is 3.51. The van der Waals surface area contributed by atoms with Crippen LogP contribution in [0.2, 0.25) is 0 Å². The van der Waals surface area contributed by atoms with Crippen molar-refractivity contribution in [1.29, 1.82) is 0 Å². The van der Waals surface area contributed by atoms with Gasteiger partial charge >= 0.3 is 5.97 Å². The van der Waals surface area contributed by atoms with Gasteiger partial charge in [-0.2, -0.15) is 0 Å². The Morgan fingerprint density at radius 3 is 2.65 bits per heavy atom. The topological polar surface area (TPSA) is 92.9 Å². The van der Waals surface area contributed by atoms with Crippen molar-refractivity contribution < 1.29 is 19.4 Å². The van der Waals surface area contributed by atoms with Gasteiger partial charge in [-0.25, -0.2) is 4.79 Å². The van der Waals surface area contributed by atoms with E-state index in [0.29, 0.717) is 25.8 Å². The molecular formula is C11H20N2O4. The minimum absolute atomic E-state index is 0.0608. The van der Waals surface area contributed by atoms with Crippen LogP contribution in [0.5, 0.6) is 0 Å². The van der Waals surface area contributed by atoms with E-state index in [9.17, 15) is 14.7 Å². The second-order valence-corrected chi connectivity index (χ2v) is 4.24. The maximum atomic E-state index is 12.1. The minimum atomic E-state index is -1.08. The molecule has 0 bridgehead atoms. The number of likely N-dealkylation sites (tertiary alicyclic amines) is 1. The summed E-state index contributed by atoms with van der Waals surface area (Å²) in [5.41, 5.74) is 4.36. The number of carboxylic acids is 1. The zero-order chi connectivity index (χ0) is 13.1. The van der Waals surface area contributed by atoms with Gasteiger partial charge in [-0.1, -0.05) is 6.92 Å². The molecule has 1 saturated heterocycles. The number of amides is 1. The SMILES string of the molecule is CCC1(C(=O)O)CCCN1C(=O)C(CN)OC. The second kappa shape index (κ2) is 5.46. The predicted molar refractivity (Wildman–Crippen MR) is 61.5 cm³/mol. The van der Waals surface area contributed by atoms with Gasteiger partial charge in [0.05, 0.1) is 0 Å². The average Bonchev–Trinajstić information content (AvgIpc) is 2.75. The highest BCUT2D eigenvalue weighted by molar-refractivity contribution is 5.90. The lowest BCUT2D eigenvalue weighted by Crippen LogP contribution is -2.56. The molecule has 0 radical (unpaired) electrons. The quantitative estimate of drug-likeness (QED) is 0.699. The molecule has 1 rings (SSSR count). The zero-order valence-corrected chi connectivity index (χ0v) is 10.3. The third-order valence-electron chi connectivity index (χ3n) is 3.51. The number of ether oxygens (including phenoxy) is 1. The number of nitrogens with zero attached hydrogens (tertiary/aromatic N) is 1. The molecule has 1 fully saturated rings. The van der Waals surface area contributed by atoms with Crippen LogP contribution in [0, 0.1) is 0 Å². The summed E-state index contributed by atoms with van der Waals surface area (Å²) in [6.45, 7) is 2.30. The van der Waals surface area contributed by atoms with Crippen molar-refractivity contribution in [2.75, 3.05) is 20.2 Å². The van der Waals surface area contributed by atoms with Crippen LogP contribution in [-0.2, 0) is 14.3 Å². The first kappa shape index (κ1) is 13.9. The lowest BCUT2D eigenvalue weighted by molar-refractivity contribution is -0.161. The standard InChI is InChI=1S/C11H20N2O4/c1-3-11(10(15)16)5-4-6-13(11)9(14)8(7-12)17-2/h8H,3-7,12H2,1-2H3,(H,15,16). The molecule has 1 aliphatic rings. The van der Waals surface area contributed by atoms with Crippen LogP contribution in [0.3, 0.4) is 0 Å². The summed E-state index contributed by atoms with van der Waals surface area (Å²) < 4.78 is 4.98. The zero-order valence-electron chi connectivity index (χ0n) is 10.3. The third kappa shape index (κ3) is 2.28. The fourth-order valence-electron chi connectivity index (χ4n) is 2.41. The molecule has 0 saturated carbocycles. The van der Waals surface area contributed by atoms with Crippen LogP contribution in [0.4, 0.5) is 0 Å². The van der Waals surface area contributed by atoms with E-state index >= 15 is 0 Å². The second-order valence-electron chi connectivity index (χ2n) is 4.24. The first-order valence-corrected chi connectivity index (χ1v) is 5.81. The summed E-state index contributed by atoms with van der Waals surface area (Å²) in [6.07, 6.45) is 0.839. The van der Waals surface area contributed by atoms with Crippen LogP contribution in [0.25, 0.3) is 0 Å². The van der Waals surface area contributed by atoms with Crippen molar-refractivity contribution in [3.05, 3.63) is 0 Å². The molecule has 0 spiro atoms. The normalized spacial score (nSPS) is 25.9. The summed E-state index contributed by atoms with van der Waals surface area (Å²) in [5, 5.41) is 9.34. The minimum Gasteiger partial charge on any atom is -0.479 e. The van der Waals surface area contributed by atoms with E-state index in [0.717, 1.165) is 0 Å². The fraction of sp³-hybridized carbons (Fsp3) is 0.818. The van der Waals surface area contributed by atoms with Gasteiger partial charge in [-0.3, -0.25) is 4.79 Å². The molecular weight excluding hydrogens is 224 g/mol. The van der Waals surface area contributed by atoms with E-state index in [1.54, 1.807) is 6.92 Å². The highest BCUT2D eigenvalue weighted by Gasteiger charge is 2.49. The molecule has 6 nitrogen and oxygen atoms in total. The molecule has 0 aliphatic carbocycles. The van der Waals surface area contributed by atoms with Gasteiger partial charge < -0.3 is 20.5 Å². The lowest BCUT2D eigenvalue weighted by atomic mass is 9.92. The molecule has 98 valence electrons. The molecule has 3 N–H and O–H groups in total. The van der Waals surface area contributed by atoms with Gasteiger partial charge in [0.15, 0.2) is 0 Å². The van der Waals surface area contributed by atoms with Crippen molar-refractivity contribution >= 4 is 11.9 Å². The maximum Gasteiger partial charge on any atom is 0.329 e. The van der Waals surface area contributed by atoms with Crippen molar-refractivity contribution in [2.24, 2.45) is 5.73 Å². The van der Waals surface area contributed by atoms with Crippen LogP contribution >= 0.6 is 0 Å². The van der Waals surface area contributed by atoms with E-state index < -0.39 is 17.6 Å². The van der Waals surface area contributed by atoms with E-state index in [-0.39, 0.29) is 12.5 Å². The van der Waals surface area contributed by atoms with Gasteiger partial charge in [0, 0.05) is 20.2 Å². The van der Waals surface area contributed by atoms with E-state index in [4.69, 9.17) is 10.5 Å². The monoisotopic (exact) mass is 244 g/mol. The Kier molecular flexibility index (Phi) is 4.47. The Bertz CT molecular complexity index is 304. The summed E-state index contributed by atoms with van der Waals surface area (Å²) in [5.74, 6) is -1.27. The Hall–Kier alpha value is -1.14. The maximum absolute atomic E-state index is 12.1. The van der Waals surface area contributed by atoms with Crippen molar-refractivity contribution in [1.82, 2.24) is 4.90 Å². The summed E-state index contributed by atoms with van der Waals surface area (Å²) in [6, 6.07) is 0. The van der Waals surface area contributed by atoms with Crippen molar-refractivity contribution in [3.63, 3.8) is 0 Å². The van der Waals surface area contributed by atoms with E-state index in [1.807, 2.05) is 0 Å². The van der Waals surface area contributed by atoms with Crippen molar-refractivity contribution in [2.45, 2.75) is 37.8 Å². The van der Waals surface area contributed by atoms with E-state index in [2.05, 4.69) is 0 Å². The molecule has 0 aromatic rings. The fourth-order valence-corrected chi connectivity index (χ4v) is 2.41. The summed E-state index contributed by atoms with van der Waals surface area (Å²) in [7, 11) is 1.40. The number of nitrogens with two attached hydrogens (primary N) is 1. The molecule has 2 atom stereocenters. The van der Waals surface area contributed by atoms with Crippen molar-refractivity contribution in [3.8, 4) is 0 Å². The summed E-state index contributed by atoms with van der Waals surface area (Å²) in [4.78, 5) is 25.0. The van der Waals surface area contributed by atoms with Crippen LogP contribution in [0.1, 0.15) is 26.2 Å². The smallest absolute Gasteiger partial charge is 0.329 e. The Labute approximate surface area is 101 Å². The molecule has 1 heterocycles. The van der Waals surface area contributed by atoms with Gasteiger partial charge in [0.2, 0.25) is 0 Å². The Morgan fingerprint density at radius 1 is 1.59 bits per heavy atom. The number of carbonyl (C=O) groups is 2. The van der Waals surface area contributed by atoms with Gasteiger partial charge in [-0.15, -0.1) is 0 Å². The number of hydrogen-bond donors (Lipinski definition) is 2. The predicted octanol–water partition coefficient (Wildman–Crippen LogP) is -0.184. The lowest BCUT2D eigenvalue weighted by Gasteiger charge is -2.35. The van der Waals surface area contributed by atoms with Gasteiger partial charge in [0.1, 0.15) is 11.6 Å². The largest absolute Gasteiger partial charge is 0.479 e. The number of hydrogen-bond acceptors (Lipinski definition) is 4. The Balaban J connectivity index is 2.95. The highest BCUT2D eigenvalue weighted by Crippen LogP contribution is 2.33. The molecule has 2 unspecified atom stereocenters. The van der Waals surface area contributed by atoms with E-state index in [1.165, 1.54) is 12.0 Å². The molecule has 1 aliphatic heterocycles. The molecule has 0 aromatic heterocycles. The first-order chi connectivity index (χ1) is 8.03. The van der Waals surface area contributed by atoms with Crippen LogP contribution < -0.4 is 5.73 Å². The molecule has 6 heteroatoms.